The Morgan fingerprint density at radius 1 is 1.20 bits per heavy atom. The van der Waals surface area contributed by atoms with Crippen molar-refractivity contribution in [2.75, 3.05) is 13.1 Å². The molecule has 2 aliphatic rings. The van der Waals surface area contributed by atoms with Crippen LogP contribution < -0.4 is 5.32 Å². The number of sulfonamides is 1. The molecule has 140 valence electrons. The lowest BCUT2D eigenvalue weighted by molar-refractivity contribution is -0.126. The first-order valence-corrected chi connectivity index (χ1v) is 10.5. The van der Waals surface area contributed by atoms with E-state index in [1.54, 1.807) is 11.2 Å². The minimum atomic E-state index is -3.22. The summed E-state index contributed by atoms with van der Waals surface area (Å²) < 4.78 is 32.0. The highest BCUT2D eigenvalue weighted by atomic mass is 32.2. The topological polar surface area (TPSA) is 105 Å². The molecule has 1 aliphatic carbocycles. The van der Waals surface area contributed by atoms with Crippen molar-refractivity contribution < 1.29 is 17.7 Å². The summed E-state index contributed by atoms with van der Waals surface area (Å²) in [5.74, 6) is 0.668. The zero-order valence-electron chi connectivity index (χ0n) is 14.6. The summed E-state index contributed by atoms with van der Waals surface area (Å²) in [6, 6.07) is 0. The van der Waals surface area contributed by atoms with Crippen LogP contribution in [0.2, 0.25) is 0 Å². The summed E-state index contributed by atoms with van der Waals surface area (Å²) in [6.07, 6.45) is 5.78. The van der Waals surface area contributed by atoms with Gasteiger partial charge in [0.2, 0.25) is 21.8 Å². The van der Waals surface area contributed by atoms with Gasteiger partial charge in [-0.1, -0.05) is 24.4 Å². The number of aromatic nitrogens is 2. The molecule has 25 heavy (non-hydrogen) atoms. The molecule has 2 fully saturated rings. The van der Waals surface area contributed by atoms with Crippen molar-refractivity contribution in [1.29, 1.82) is 0 Å². The van der Waals surface area contributed by atoms with Crippen LogP contribution in [0, 0.1) is 12.8 Å². The monoisotopic (exact) mass is 370 g/mol. The summed E-state index contributed by atoms with van der Waals surface area (Å²) in [6.45, 7) is 2.78. The number of hydrogen-bond donors (Lipinski definition) is 1. The van der Waals surface area contributed by atoms with E-state index in [9.17, 15) is 13.2 Å². The van der Waals surface area contributed by atoms with Gasteiger partial charge in [-0.05, 0) is 32.6 Å². The van der Waals surface area contributed by atoms with Crippen molar-refractivity contribution in [1.82, 2.24) is 19.8 Å². The first-order chi connectivity index (χ1) is 12.0. The number of carbonyl (C=O) groups excluding carboxylic acids is 1. The van der Waals surface area contributed by atoms with Gasteiger partial charge in [0.05, 0.1) is 11.8 Å². The zero-order chi connectivity index (χ0) is 17.9. The molecule has 1 saturated carbocycles. The Labute approximate surface area is 148 Å². The van der Waals surface area contributed by atoms with Gasteiger partial charge in [-0.25, -0.2) is 12.7 Å². The average Bonchev–Trinajstić information content (AvgIpc) is 3.06. The number of carbonyl (C=O) groups is 1. The average molecular weight is 370 g/mol. The maximum absolute atomic E-state index is 12.7. The first kappa shape index (κ1) is 18.3. The fraction of sp³-hybridized carbons (Fsp3) is 0.812. The molecule has 1 aromatic rings. The normalized spacial score (nSPS) is 21.3. The van der Waals surface area contributed by atoms with Crippen LogP contribution in [0.1, 0.15) is 56.7 Å². The number of hydrogen-bond acceptors (Lipinski definition) is 6. The van der Waals surface area contributed by atoms with Gasteiger partial charge in [0.1, 0.15) is 0 Å². The van der Waals surface area contributed by atoms with Crippen LogP contribution in [-0.2, 0) is 21.4 Å². The molecule has 0 radical (unpaired) electrons. The molecule has 0 aromatic carbocycles. The van der Waals surface area contributed by atoms with Crippen molar-refractivity contribution in [3.8, 4) is 0 Å². The molecule has 2 heterocycles. The second kappa shape index (κ2) is 7.82. The molecule has 1 aliphatic heterocycles. The Bertz CT molecular complexity index is 689. The summed E-state index contributed by atoms with van der Waals surface area (Å²) >= 11 is 0. The van der Waals surface area contributed by atoms with Crippen LogP contribution in [0.3, 0.4) is 0 Å². The maximum Gasteiger partial charge on any atom is 0.246 e. The fourth-order valence-electron chi connectivity index (χ4n) is 3.67. The highest BCUT2D eigenvalue weighted by Gasteiger charge is 2.36. The molecule has 0 atom stereocenters. The molecule has 3 rings (SSSR count). The number of aryl methyl sites for hydroxylation is 1. The number of amides is 1. The molecule has 9 heteroatoms. The Hall–Kier alpha value is -1.48. The largest absolute Gasteiger partial charge is 0.347 e. The fourth-order valence-corrected chi connectivity index (χ4v) is 5.74. The van der Waals surface area contributed by atoms with E-state index in [0.29, 0.717) is 37.6 Å². The van der Waals surface area contributed by atoms with E-state index in [4.69, 9.17) is 4.52 Å². The van der Waals surface area contributed by atoms with E-state index < -0.39 is 10.0 Å². The van der Waals surface area contributed by atoms with Crippen LogP contribution in [0.5, 0.6) is 0 Å². The minimum Gasteiger partial charge on any atom is -0.347 e. The third kappa shape index (κ3) is 4.38. The second-order valence-electron chi connectivity index (χ2n) is 6.93. The van der Waals surface area contributed by atoms with Crippen LogP contribution in [0.4, 0.5) is 0 Å². The lowest BCUT2D eigenvalue weighted by atomic mass is 9.97. The third-order valence-electron chi connectivity index (χ3n) is 5.14. The van der Waals surface area contributed by atoms with Gasteiger partial charge in [0, 0.05) is 19.0 Å². The van der Waals surface area contributed by atoms with E-state index in [1.807, 2.05) is 0 Å². The Morgan fingerprint density at radius 3 is 2.48 bits per heavy atom. The van der Waals surface area contributed by atoms with Gasteiger partial charge in [-0.15, -0.1) is 0 Å². The zero-order valence-corrected chi connectivity index (χ0v) is 15.4. The highest BCUT2D eigenvalue weighted by molar-refractivity contribution is 7.89. The molecular weight excluding hydrogens is 344 g/mol. The maximum atomic E-state index is 12.7. The molecule has 1 amide bonds. The quantitative estimate of drug-likeness (QED) is 0.839. The van der Waals surface area contributed by atoms with Crippen molar-refractivity contribution >= 4 is 15.9 Å². The van der Waals surface area contributed by atoms with E-state index in [2.05, 4.69) is 15.5 Å². The number of nitrogens with zero attached hydrogens (tertiary/aromatic N) is 3. The number of nitrogens with one attached hydrogen (secondary N) is 1. The van der Waals surface area contributed by atoms with Gasteiger partial charge < -0.3 is 9.84 Å². The molecule has 0 unspecified atom stereocenters. The predicted molar refractivity (Wildman–Crippen MR) is 91.0 cm³/mol. The number of piperidine rings is 1. The van der Waals surface area contributed by atoms with Gasteiger partial charge in [0.15, 0.2) is 5.82 Å². The Kier molecular flexibility index (Phi) is 5.73. The van der Waals surface area contributed by atoms with Gasteiger partial charge in [-0.3, -0.25) is 4.79 Å². The predicted octanol–water partition coefficient (Wildman–Crippen LogP) is 1.37. The van der Waals surface area contributed by atoms with Crippen molar-refractivity contribution in [2.24, 2.45) is 5.92 Å². The molecule has 8 nitrogen and oxygen atoms in total. The summed E-state index contributed by atoms with van der Waals surface area (Å²) in [5.41, 5.74) is 0. The minimum absolute atomic E-state index is 0.0782. The van der Waals surface area contributed by atoms with Crippen molar-refractivity contribution in [3.63, 3.8) is 0 Å². The van der Waals surface area contributed by atoms with E-state index in [0.717, 1.165) is 32.1 Å². The summed E-state index contributed by atoms with van der Waals surface area (Å²) in [4.78, 5) is 16.3. The Morgan fingerprint density at radius 2 is 1.88 bits per heavy atom. The third-order valence-corrected chi connectivity index (χ3v) is 7.54. The molecule has 1 N–H and O–H groups in total. The second-order valence-corrected chi connectivity index (χ2v) is 9.14. The lowest BCUT2D eigenvalue weighted by Gasteiger charge is -2.34. The van der Waals surface area contributed by atoms with Gasteiger partial charge >= 0.3 is 0 Å². The first-order valence-electron chi connectivity index (χ1n) is 9.02. The SMILES string of the molecule is Cc1noc(CNC(=O)C2CCN(S(=O)(=O)C3CCCCC3)CC2)n1. The van der Waals surface area contributed by atoms with Crippen molar-refractivity contribution in [2.45, 2.75) is 63.7 Å². The van der Waals surface area contributed by atoms with Gasteiger partial charge in [0.25, 0.3) is 0 Å². The molecule has 0 spiro atoms. The number of rotatable bonds is 5. The van der Waals surface area contributed by atoms with Crippen LogP contribution in [0.25, 0.3) is 0 Å². The van der Waals surface area contributed by atoms with Crippen LogP contribution >= 0.6 is 0 Å². The lowest BCUT2D eigenvalue weighted by Crippen LogP contribution is -2.46. The van der Waals surface area contributed by atoms with Gasteiger partial charge in [-0.2, -0.15) is 4.98 Å². The summed E-state index contributed by atoms with van der Waals surface area (Å²) in [5, 5.41) is 6.24. The van der Waals surface area contributed by atoms with E-state index >= 15 is 0 Å². The van der Waals surface area contributed by atoms with Crippen molar-refractivity contribution in [3.05, 3.63) is 11.7 Å². The standard InChI is InChI=1S/C16H26N4O4S/c1-12-18-15(24-19-12)11-17-16(21)13-7-9-20(10-8-13)25(22,23)14-5-3-2-4-6-14/h13-14H,2-11H2,1H3,(H,17,21). The summed E-state index contributed by atoms with van der Waals surface area (Å²) in [7, 11) is -3.22. The van der Waals surface area contributed by atoms with E-state index in [-0.39, 0.29) is 23.6 Å². The van der Waals surface area contributed by atoms with Crippen LogP contribution in [0.15, 0.2) is 4.52 Å². The molecule has 1 saturated heterocycles. The smallest absolute Gasteiger partial charge is 0.246 e. The molecule has 0 bridgehead atoms. The molecule has 1 aromatic heterocycles. The molecular formula is C16H26N4O4S. The Balaban J connectivity index is 1.48. The van der Waals surface area contributed by atoms with Crippen LogP contribution in [-0.4, -0.2) is 47.1 Å². The van der Waals surface area contributed by atoms with E-state index in [1.165, 1.54) is 0 Å². The highest BCUT2D eigenvalue weighted by Crippen LogP contribution is 2.29.